The average Bonchev–Trinajstić information content (AvgIpc) is 3.00. The van der Waals surface area contributed by atoms with E-state index < -0.39 is 28.4 Å². The Kier molecular flexibility index (Phi) is 6.43. The molecule has 0 unspecified atom stereocenters. The number of ketones is 1. The summed E-state index contributed by atoms with van der Waals surface area (Å²) in [7, 11) is 0. The van der Waals surface area contributed by atoms with Crippen molar-refractivity contribution in [3.63, 3.8) is 0 Å². The fourth-order valence-corrected chi connectivity index (χ4v) is 3.45. The van der Waals surface area contributed by atoms with Gasteiger partial charge in [0, 0.05) is 17.7 Å². The summed E-state index contributed by atoms with van der Waals surface area (Å²) in [4.78, 5) is 48.4. The molecule has 1 aliphatic rings. The maximum Gasteiger partial charge on any atom is 0.293 e. The Morgan fingerprint density at radius 2 is 1.80 bits per heavy atom. The minimum atomic E-state index is -0.576. The maximum atomic E-state index is 12.6. The van der Waals surface area contributed by atoms with E-state index in [0.29, 0.717) is 17.9 Å². The van der Waals surface area contributed by atoms with Gasteiger partial charge in [-0.25, -0.2) is 0 Å². The van der Waals surface area contributed by atoms with E-state index in [-0.39, 0.29) is 16.2 Å². The number of imide groups is 1. The third-order valence-electron chi connectivity index (χ3n) is 4.12. The molecule has 2 amide bonds. The first kappa shape index (κ1) is 21.0. The van der Waals surface area contributed by atoms with Crippen LogP contribution in [0.2, 0.25) is 0 Å². The van der Waals surface area contributed by atoms with Gasteiger partial charge < -0.3 is 4.74 Å². The molecular weight excluding hydrogens is 408 g/mol. The number of nitrogens with zero attached hydrogens (tertiary/aromatic N) is 2. The van der Waals surface area contributed by atoms with Gasteiger partial charge in [-0.3, -0.25) is 29.4 Å². The lowest BCUT2D eigenvalue weighted by molar-refractivity contribution is -0.384. The van der Waals surface area contributed by atoms with Crippen LogP contribution in [0.15, 0.2) is 66.1 Å². The standard InChI is InChI=1S/C21H16N2O6S/c1-2-11-29-17-9-3-14(4-10-17)12-19-20(25)22(21(26)30-19)13-18(24)15-5-7-16(8-6-15)23(27)28/h2-10,12H,1,11,13H2/b19-12+. The van der Waals surface area contributed by atoms with Gasteiger partial charge in [-0.15, -0.1) is 0 Å². The molecule has 0 radical (unpaired) electrons. The van der Waals surface area contributed by atoms with E-state index in [0.717, 1.165) is 16.7 Å². The van der Waals surface area contributed by atoms with E-state index in [2.05, 4.69) is 6.58 Å². The van der Waals surface area contributed by atoms with E-state index in [4.69, 9.17) is 4.74 Å². The van der Waals surface area contributed by atoms with Crippen LogP contribution in [-0.2, 0) is 4.79 Å². The summed E-state index contributed by atoms with van der Waals surface area (Å²) < 4.78 is 5.39. The maximum absolute atomic E-state index is 12.6. The van der Waals surface area contributed by atoms with E-state index in [1.165, 1.54) is 24.3 Å². The van der Waals surface area contributed by atoms with Crippen molar-refractivity contribution in [2.45, 2.75) is 0 Å². The number of hydrogen-bond acceptors (Lipinski definition) is 7. The Morgan fingerprint density at radius 3 is 2.40 bits per heavy atom. The molecule has 2 aromatic rings. The fraction of sp³-hybridized carbons (Fsp3) is 0.0952. The molecule has 0 atom stereocenters. The van der Waals surface area contributed by atoms with E-state index >= 15 is 0 Å². The van der Waals surface area contributed by atoms with Crippen molar-refractivity contribution in [2.75, 3.05) is 13.2 Å². The largest absolute Gasteiger partial charge is 0.490 e. The molecule has 0 aromatic heterocycles. The fourth-order valence-electron chi connectivity index (χ4n) is 2.61. The molecule has 0 spiro atoms. The van der Waals surface area contributed by atoms with E-state index in [9.17, 15) is 24.5 Å². The first-order valence-electron chi connectivity index (χ1n) is 8.76. The van der Waals surface area contributed by atoms with Gasteiger partial charge in [-0.1, -0.05) is 24.8 Å². The number of carbonyl (C=O) groups is 3. The molecule has 1 aliphatic heterocycles. The second-order valence-corrected chi connectivity index (χ2v) is 7.16. The smallest absolute Gasteiger partial charge is 0.293 e. The Labute approximate surface area is 176 Å². The molecule has 1 saturated heterocycles. The van der Waals surface area contributed by atoms with Gasteiger partial charge in [0.15, 0.2) is 5.78 Å². The van der Waals surface area contributed by atoms with Gasteiger partial charge >= 0.3 is 0 Å². The zero-order valence-electron chi connectivity index (χ0n) is 15.6. The number of nitro groups is 1. The molecule has 1 heterocycles. The SMILES string of the molecule is C=CCOc1ccc(/C=C2/SC(=O)N(CC(=O)c3ccc([N+](=O)[O-])cc3)C2=O)cc1. The molecule has 0 N–H and O–H groups in total. The average molecular weight is 424 g/mol. The second-order valence-electron chi connectivity index (χ2n) is 6.16. The number of non-ortho nitro benzene ring substituents is 1. The van der Waals surface area contributed by atoms with Gasteiger partial charge in [0.25, 0.3) is 16.8 Å². The van der Waals surface area contributed by atoms with Crippen molar-refractivity contribution in [1.29, 1.82) is 0 Å². The summed E-state index contributed by atoms with van der Waals surface area (Å²) in [6, 6.07) is 11.9. The highest BCUT2D eigenvalue weighted by atomic mass is 32.2. The van der Waals surface area contributed by atoms with Crippen LogP contribution in [0.1, 0.15) is 15.9 Å². The number of hydrogen-bond donors (Lipinski definition) is 0. The lowest BCUT2D eigenvalue weighted by Gasteiger charge is -2.11. The van der Waals surface area contributed by atoms with Crippen molar-refractivity contribution >= 4 is 40.5 Å². The van der Waals surface area contributed by atoms with Crippen molar-refractivity contribution in [3.8, 4) is 5.75 Å². The quantitative estimate of drug-likeness (QED) is 0.207. The van der Waals surface area contributed by atoms with Gasteiger partial charge in [0.2, 0.25) is 0 Å². The second kappa shape index (κ2) is 9.19. The topological polar surface area (TPSA) is 107 Å². The molecular formula is C21H16N2O6S. The monoisotopic (exact) mass is 424 g/mol. The molecule has 3 rings (SSSR count). The van der Waals surface area contributed by atoms with Crippen LogP contribution < -0.4 is 4.74 Å². The summed E-state index contributed by atoms with van der Waals surface area (Å²) >= 11 is 0.751. The van der Waals surface area contributed by atoms with E-state index in [1.54, 1.807) is 36.4 Å². The number of rotatable bonds is 8. The Bertz CT molecular complexity index is 1040. The van der Waals surface area contributed by atoms with Crippen molar-refractivity contribution in [2.24, 2.45) is 0 Å². The first-order valence-corrected chi connectivity index (χ1v) is 9.57. The number of thioether (sulfide) groups is 1. The third-order valence-corrected chi connectivity index (χ3v) is 5.03. The number of benzene rings is 2. The number of nitro benzene ring substituents is 1. The van der Waals surface area contributed by atoms with Crippen molar-refractivity contribution < 1.29 is 24.0 Å². The van der Waals surface area contributed by atoms with Gasteiger partial charge in [0.05, 0.1) is 16.4 Å². The zero-order valence-corrected chi connectivity index (χ0v) is 16.5. The van der Waals surface area contributed by atoms with Crippen LogP contribution in [0.4, 0.5) is 10.5 Å². The molecule has 2 aromatic carbocycles. The highest BCUT2D eigenvalue weighted by molar-refractivity contribution is 8.18. The summed E-state index contributed by atoms with van der Waals surface area (Å²) in [6.45, 7) is 3.51. The third kappa shape index (κ3) is 4.81. The van der Waals surface area contributed by atoms with Crippen LogP contribution in [0.5, 0.6) is 5.75 Å². The minimum absolute atomic E-state index is 0.151. The van der Waals surface area contributed by atoms with Crippen LogP contribution >= 0.6 is 11.8 Å². The number of Topliss-reactive ketones (excluding diaryl/α,β-unsaturated/α-hetero) is 1. The lowest BCUT2D eigenvalue weighted by atomic mass is 10.1. The van der Waals surface area contributed by atoms with Gasteiger partial charge in [-0.05, 0) is 47.7 Å². The molecule has 1 fully saturated rings. The molecule has 0 aliphatic carbocycles. The van der Waals surface area contributed by atoms with Crippen molar-refractivity contribution in [3.05, 3.63) is 87.3 Å². The van der Waals surface area contributed by atoms with Crippen LogP contribution in [0, 0.1) is 10.1 Å². The minimum Gasteiger partial charge on any atom is -0.490 e. The molecule has 30 heavy (non-hydrogen) atoms. The van der Waals surface area contributed by atoms with E-state index in [1.807, 2.05) is 0 Å². The summed E-state index contributed by atoms with van der Waals surface area (Å²) in [5, 5.41) is 10.2. The van der Waals surface area contributed by atoms with Crippen LogP contribution in [0.3, 0.4) is 0 Å². The Balaban J connectivity index is 1.69. The predicted molar refractivity (Wildman–Crippen MR) is 112 cm³/mol. The lowest BCUT2D eigenvalue weighted by Crippen LogP contribution is -2.33. The first-order chi connectivity index (χ1) is 14.4. The Morgan fingerprint density at radius 1 is 1.13 bits per heavy atom. The van der Waals surface area contributed by atoms with Crippen LogP contribution in [0.25, 0.3) is 6.08 Å². The predicted octanol–water partition coefficient (Wildman–Crippen LogP) is 4.08. The number of amides is 2. The summed E-state index contributed by atoms with van der Waals surface area (Å²) in [6.07, 6.45) is 3.19. The zero-order chi connectivity index (χ0) is 21.7. The normalized spacial score (nSPS) is 14.8. The number of carbonyl (C=O) groups excluding carboxylic acids is 3. The van der Waals surface area contributed by atoms with Gasteiger partial charge in [-0.2, -0.15) is 0 Å². The highest BCUT2D eigenvalue weighted by Crippen LogP contribution is 2.32. The molecule has 0 saturated carbocycles. The van der Waals surface area contributed by atoms with Crippen LogP contribution in [-0.4, -0.2) is 39.9 Å². The molecule has 9 heteroatoms. The molecule has 0 bridgehead atoms. The Hall–Kier alpha value is -3.72. The summed E-state index contributed by atoms with van der Waals surface area (Å²) in [5.74, 6) is -0.404. The summed E-state index contributed by atoms with van der Waals surface area (Å²) in [5.41, 5.74) is 0.730. The number of ether oxygens (including phenoxy) is 1. The highest BCUT2D eigenvalue weighted by Gasteiger charge is 2.36. The molecule has 8 nitrogen and oxygen atoms in total. The molecule has 152 valence electrons. The van der Waals surface area contributed by atoms with Crippen molar-refractivity contribution in [1.82, 2.24) is 4.90 Å². The van der Waals surface area contributed by atoms with Gasteiger partial charge in [0.1, 0.15) is 12.4 Å².